The van der Waals surface area contributed by atoms with E-state index < -0.39 is 11.9 Å². The van der Waals surface area contributed by atoms with E-state index in [1.165, 1.54) is 0 Å². The first kappa shape index (κ1) is 20.2. The van der Waals surface area contributed by atoms with Gasteiger partial charge in [-0.05, 0) is 38.7 Å². The average Bonchev–Trinajstić information content (AvgIpc) is 2.60. The summed E-state index contributed by atoms with van der Waals surface area (Å²) in [7, 11) is 0. The molecule has 0 unspecified atom stereocenters. The lowest BCUT2D eigenvalue weighted by Crippen LogP contribution is -2.45. The zero-order valence-corrected chi connectivity index (χ0v) is 14.7. The third-order valence-corrected chi connectivity index (χ3v) is 3.99. The fraction of sp³-hybridized carbons (Fsp3) is 0.688. The fourth-order valence-electron chi connectivity index (χ4n) is 2.67. The highest BCUT2D eigenvalue weighted by Gasteiger charge is 2.32. The van der Waals surface area contributed by atoms with Gasteiger partial charge in [0, 0.05) is 25.3 Å². The van der Waals surface area contributed by atoms with Crippen molar-refractivity contribution < 1.29 is 18.3 Å². The summed E-state index contributed by atoms with van der Waals surface area (Å²) in [6.45, 7) is 3.31. The number of anilines is 1. The van der Waals surface area contributed by atoms with Crippen LogP contribution in [0.1, 0.15) is 38.3 Å². The molecule has 0 bridgehead atoms. The molecule has 26 heavy (non-hydrogen) atoms. The van der Waals surface area contributed by atoms with Crippen molar-refractivity contribution in [1.82, 2.24) is 20.6 Å². The van der Waals surface area contributed by atoms with Crippen LogP contribution in [0.2, 0.25) is 0 Å². The third-order valence-electron chi connectivity index (χ3n) is 3.99. The van der Waals surface area contributed by atoms with Crippen LogP contribution in [0.15, 0.2) is 17.3 Å². The Hall–Kier alpha value is -2.10. The maximum atomic E-state index is 12.6. The Labute approximate surface area is 150 Å². The van der Waals surface area contributed by atoms with E-state index in [9.17, 15) is 18.3 Å². The molecule has 1 aromatic heterocycles. The van der Waals surface area contributed by atoms with Crippen LogP contribution in [-0.4, -0.2) is 52.8 Å². The molecule has 0 aliphatic heterocycles. The molecule has 0 saturated heterocycles. The van der Waals surface area contributed by atoms with Gasteiger partial charge in [-0.1, -0.05) is 0 Å². The van der Waals surface area contributed by atoms with E-state index >= 15 is 0 Å². The van der Waals surface area contributed by atoms with Crippen LogP contribution in [0.25, 0.3) is 0 Å². The molecule has 1 fully saturated rings. The predicted octanol–water partition coefficient (Wildman–Crippen LogP) is 1.77. The van der Waals surface area contributed by atoms with Crippen LogP contribution in [0.4, 0.5) is 19.1 Å². The van der Waals surface area contributed by atoms with Gasteiger partial charge in [0.1, 0.15) is 5.69 Å². The van der Waals surface area contributed by atoms with Gasteiger partial charge >= 0.3 is 6.18 Å². The summed E-state index contributed by atoms with van der Waals surface area (Å²) in [4.78, 5) is 11.6. The number of rotatable bonds is 6. The Morgan fingerprint density at radius 2 is 2.04 bits per heavy atom. The summed E-state index contributed by atoms with van der Waals surface area (Å²) in [5.74, 6) is 0.579. The first-order valence-electron chi connectivity index (χ1n) is 8.75. The van der Waals surface area contributed by atoms with E-state index in [1.54, 1.807) is 0 Å². The molecule has 0 aromatic carbocycles. The second kappa shape index (κ2) is 9.56. The molecular weight excluding hydrogens is 349 g/mol. The van der Waals surface area contributed by atoms with Crippen LogP contribution in [0.5, 0.6) is 0 Å². The van der Waals surface area contributed by atoms with E-state index in [-0.39, 0.29) is 18.1 Å². The molecule has 1 saturated carbocycles. The van der Waals surface area contributed by atoms with Gasteiger partial charge in [0.05, 0.1) is 12.6 Å². The van der Waals surface area contributed by atoms with Crippen LogP contribution < -0.4 is 16.0 Å². The standard InChI is InChI=1S/C16H25F3N6O/c1-2-20-14(24-11-3-5-12(26)6-4-11)22-9-10-23-15-21-8-7-13(25-15)16(17,18)19/h7-8,11-12,26H,2-6,9-10H2,1H3,(H2,20,22,24)(H,21,23,25). The second-order valence-electron chi connectivity index (χ2n) is 6.10. The lowest BCUT2D eigenvalue weighted by Gasteiger charge is -2.27. The molecule has 1 heterocycles. The van der Waals surface area contributed by atoms with Crippen molar-refractivity contribution in [3.8, 4) is 0 Å². The van der Waals surface area contributed by atoms with Gasteiger partial charge in [0.25, 0.3) is 0 Å². The maximum absolute atomic E-state index is 12.6. The number of guanidine groups is 1. The smallest absolute Gasteiger partial charge is 0.393 e. The quantitative estimate of drug-likeness (QED) is 0.344. The normalized spacial score (nSPS) is 21.3. The number of aromatic nitrogens is 2. The molecule has 10 heteroatoms. The summed E-state index contributed by atoms with van der Waals surface area (Å²) in [6.07, 6.45) is -0.345. The van der Waals surface area contributed by atoms with Gasteiger partial charge in [-0.15, -0.1) is 0 Å². The summed E-state index contributed by atoms with van der Waals surface area (Å²) in [5, 5.41) is 18.8. The third kappa shape index (κ3) is 6.66. The fourth-order valence-corrected chi connectivity index (χ4v) is 2.67. The van der Waals surface area contributed by atoms with E-state index in [1.807, 2.05) is 6.92 Å². The van der Waals surface area contributed by atoms with Gasteiger partial charge in [-0.2, -0.15) is 13.2 Å². The Balaban J connectivity index is 1.82. The number of hydrogen-bond donors (Lipinski definition) is 4. The molecule has 0 spiro atoms. The lowest BCUT2D eigenvalue weighted by molar-refractivity contribution is -0.141. The number of alkyl halides is 3. The minimum absolute atomic E-state index is 0.0748. The molecule has 0 atom stereocenters. The molecule has 1 aromatic rings. The van der Waals surface area contributed by atoms with Crippen molar-refractivity contribution in [3.05, 3.63) is 18.0 Å². The van der Waals surface area contributed by atoms with Crippen LogP contribution in [0.3, 0.4) is 0 Å². The second-order valence-corrected chi connectivity index (χ2v) is 6.10. The van der Waals surface area contributed by atoms with Crippen molar-refractivity contribution in [3.63, 3.8) is 0 Å². The number of nitrogens with zero attached hydrogens (tertiary/aromatic N) is 3. The molecule has 4 N–H and O–H groups in total. The highest BCUT2D eigenvalue weighted by molar-refractivity contribution is 5.80. The summed E-state index contributed by atoms with van der Waals surface area (Å²) in [6, 6.07) is 1.09. The van der Waals surface area contributed by atoms with E-state index in [4.69, 9.17) is 0 Å². The van der Waals surface area contributed by atoms with Gasteiger partial charge in [0.2, 0.25) is 5.95 Å². The van der Waals surface area contributed by atoms with Gasteiger partial charge in [-0.25, -0.2) is 9.97 Å². The largest absolute Gasteiger partial charge is 0.433 e. The lowest BCUT2D eigenvalue weighted by atomic mass is 9.93. The van der Waals surface area contributed by atoms with Crippen molar-refractivity contribution in [2.24, 2.45) is 4.99 Å². The number of hydrogen-bond acceptors (Lipinski definition) is 5. The molecule has 0 amide bonds. The van der Waals surface area contributed by atoms with Crippen LogP contribution in [0, 0.1) is 0 Å². The molecule has 7 nitrogen and oxygen atoms in total. The van der Waals surface area contributed by atoms with Crippen molar-refractivity contribution in [1.29, 1.82) is 0 Å². The number of aliphatic imine (C=N–C) groups is 1. The number of halogens is 3. The Morgan fingerprint density at radius 3 is 2.69 bits per heavy atom. The summed E-state index contributed by atoms with van der Waals surface area (Å²) >= 11 is 0. The predicted molar refractivity (Wildman–Crippen MR) is 92.9 cm³/mol. The zero-order valence-electron chi connectivity index (χ0n) is 14.7. The number of aliphatic hydroxyl groups excluding tert-OH is 1. The Bertz CT molecular complexity index is 588. The van der Waals surface area contributed by atoms with Crippen LogP contribution in [-0.2, 0) is 6.18 Å². The first-order chi connectivity index (χ1) is 12.4. The summed E-state index contributed by atoms with van der Waals surface area (Å²) in [5.41, 5.74) is -0.979. The average molecular weight is 374 g/mol. The van der Waals surface area contributed by atoms with Crippen molar-refractivity contribution >= 4 is 11.9 Å². The maximum Gasteiger partial charge on any atom is 0.433 e. The molecule has 146 valence electrons. The first-order valence-corrected chi connectivity index (χ1v) is 8.75. The highest BCUT2D eigenvalue weighted by atomic mass is 19.4. The molecular formula is C16H25F3N6O. The molecule has 1 aliphatic carbocycles. The van der Waals surface area contributed by atoms with Gasteiger partial charge < -0.3 is 21.1 Å². The summed E-state index contributed by atoms with van der Waals surface area (Å²) < 4.78 is 37.9. The van der Waals surface area contributed by atoms with E-state index in [2.05, 4.69) is 30.9 Å². The zero-order chi connectivity index (χ0) is 19.0. The monoisotopic (exact) mass is 374 g/mol. The van der Waals surface area contributed by atoms with Gasteiger partial charge in [-0.3, -0.25) is 4.99 Å². The number of aliphatic hydroxyl groups is 1. The topological polar surface area (TPSA) is 94.5 Å². The molecule has 0 radical (unpaired) electrons. The van der Waals surface area contributed by atoms with E-state index in [0.717, 1.165) is 37.9 Å². The Morgan fingerprint density at radius 1 is 1.31 bits per heavy atom. The van der Waals surface area contributed by atoms with Crippen molar-refractivity contribution in [2.75, 3.05) is 25.0 Å². The minimum Gasteiger partial charge on any atom is -0.393 e. The highest BCUT2D eigenvalue weighted by Crippen LogP contribution is 2.27. The molecule has 2 rings (SSSR count). The Kier molecular flexibility index (Phi) is 7.43. The van der Waals surface area contributed by atoms with Crippen molar-refractivity contribution in [2.45, 2.75) is 50.9 Å². The minimum atomic E-state index is -4.49. The van der Waals surface area contributed by atoms with Gasteiger partial charge in [0.15, 0.2) is 5.96 Å². The van der Waals surface area contributed by atoms with E-state index in [0.29, 0.717) is 25.6 Å². The SMILES string of the molecule is CCNC(=NCCNc1nccc(C(F)(F)F)n1)NC1CCC(O)CC1. The van der Waals surface area contributed by atoms with Crippen LogP contribution >= 0.6 is 0 Å². The number of nitrogens with one attached hydrogen (secondary N) is 3. The molecule has 1 aliphatic rings.